The summed E-state index contributed by atoms with van der Waals surface area (Å²) in [4.78, 5) is 26.9. The Morgan fingerprint density at radius 2 is 2.14 bits per heavy atom. The maximum atomic E-state index is 13.6. The molecule has 2 unspecified atom stereocenters. The zero-order valence-corrected chi connectivity index (χ0v) is 20.9. The lowest BCUT2D eigenvalue weighted by Crippen LogP contribution is -2.56. The number of aliphatic carboxylic acids is 1. The van der Waals surface area contributed by atoms with Crippen molar-refractivity contribution in [1.82, 2.24) is 14.9 Å². The zero-order valence-electron chi connectivity index (χ0n) is 20.0. The van der Waals surface area contributed by atoms with Crippen LogP contribution in [0.25, 0.3) is 0 Å². The molecule has 3 atom stereocenters. The molecule has 194 valence electrons. The van der Waals surface area contributed by atoms with Crippen LogP contribution < -0.4 is 21.1 Å². The Bertz CT molecular complexity index is 1050. The van der Waals surface area contributed by atoms with Crippen LogP contribution in [0.5, 0.6) is 0 Å². The van der Waals surface area contributed by atoms with E-state index in [0.717, 1.165) is 24.8 Å². The van der Waals surface area contributed by atoms with Crippen molar-refractivity contribution in [1.29, 1.82) is 5.41 Å². The van der Waals surface area contributed by atoms with Crippen molar-refractivity contribution in [3.63, 3.8) is 0 Å². The van der Waals surface area contributed by atoms with E-state index >= 15 is 0 Å². The number of amides is 1. The molecular formula is C23H36N6O5S. The Labute approximate surface area is 206 Å². The standard InChI is InChI=1S/C23H36N6O5S/c1-2-15-10-13-29(18(14-15)22(31)32)21(30)17(8-5-12-27-23(24)25)28-35(33,34)19-9-3-6-16-7-4-11-26-20(16)19/h3,6,9,15,17-18,26,28H,2,4-5,7-8,10-14H2,1H3,(H,31,32)(H4,24,25,27)/t15?,17-,18?/m0/s1. The monoisotopic (exact) mass is 508 g/mol. The van der Waals surface area contributed by atoms with Crippen molar-refractivity contribution < 1.29 is 23.1 Å². The molecule has 2 heterocycles. The fraction of sp³-hybridized carbons (Fsp3) is 0.609. The third-order valence-electron chi connectivity index (χ3n) is 6.76. The molecular weight excluding hydrogens is 472 g/mol. The average molecular weight is 509 g/mol. The number of rotatable bonds is 10. The van der Waals surface area contributed by atoms with Crippen molar-refractivity contribution in [2.24, 2.45) is 11.7 Å². The predicted octanol–water partition coefficient (Wildman–Crippen LogP) is 1.06. The number of anilines is 1. The van der Waals surface area contributed by atoms with E-state index in [9.17, 15) is 23.1 Å². The number of para-hydroxylation sites is 1. The van der Waals surface area contributed by atoms with Crippen LogP contribution in [0.4, 0.5) is 5.69 Å². The summed E-state index contributed by atoms with van der Waals surface area (Å²) in [5.74, 6) is -1.64. The Balaban J connectivity index is 1.86. The number of nitrogens with zero attached hydrogens (tertiary/aromatic N) is 1. The summed E-state index contributed by atoms with van der Waals surface area (Å²) in [6.45, 7) is 3.20. The van der Waals surface area contributed by atoms with Gasteiger partial charge in [0.2, 0.25) is 15.9 Å². The molecule has 7 N–H and O–H groups in total. The number of benzene rings is 1. The smallest absolute Gasteiger partial charge is 0.326 e. The molecule has 0 saturated carbocycles. The van der Waals surface area contributed by atoms with Crippen molar-refractivity contribution in [3.8, 4) is 0 Å². The SMILES string of the molecule is CCC1CCN(C(=O)[C@H](CCCNC(=N)N)NS(=O)(=O)c2cccc3c2NCCC3)C(C(=O)O)C1. The third kappa shape index (κ3) is 6.63. The van der Waals surface area contributed by atoms with Gasteiger partial charge in [0.25, 0.3) is 0 Å². The first-order chi connectivity index (χ1) is 16.6. The minimum absolute atomic E-state index is 0.0776. The summed E-state index contributed by atoms with van der Waals surface area (Å²) >= 11 is 0. The second-order valence-electron chi connectivity index (χ2n) is 9.16. The number of carboxylic acid groups (broad SMARTS) is 1. The predicted molar refractivity (Wildman–Crippen MR) is 133 cm³/mol. The van der Waals surface area contributed by atoms with Gasteiger partial charge in [0.05, 0.1) is 5.69 Å². The molecule has 0 aromatic heterocycles. The van der Waals surface area contributed by atoms with Crippen LogP contribution in [0.15, 0.2) is 23.1 Å². The molecule has 0 radical (unpaired) electrons. The number of carbonyl (C=O) groups excluding carboxylic acids is 1. The van der Waals surface area contributed by atoms with Gasteiger partial charge in [-0.1, -0.05) is 25.5 Å². The van der Waals surface area contributed by atoms with Crippen LogP contribution in [-0.4, -0.2) is 68.0 Å². The lowest BCUT2D eigenvalue weighted by Gasteiger charge is -2.38. The lowest BCUT2D eigenvalue weighted by molar-refractivity contribution is -0.154. The molecule has 0 spiro atoms. The Hall–Kier alpha value is -2.86. The minimum Gasteiger partial charge on any atom is -0.480 e. The van der Waals surface area contributed by atoms with Gasteiger partial charge in [-0.05, 0) is 56.1 Å². The van der Waals surface area contributed by atoms with E-state index in [2.05, 4.69) is 15.4 Å². The van der Waals surface area contributed by atoms with Crippen LogP contribution in [0, 0.1) is 11.3 Å². The fourth-order valence-electron chi connectivity index (χ4n) is 4.82. The van der Waals surface area contributed by atoms with Gasteiger partial charge >= 0.3 is 5.97 Å². The number of nitrogens with one attached hydrogen (secondary N) is 4. The molecule has 0 bridgehead atoms. The van der Waals surface area contributed by atoms with E-state index < -0.39 is 34.0 Å². The molecule has 11 nitrogen and oxygen atoms in total. The molecule has 35 heavy (non-hydrogen) atoms. The molecule has 2 aliphatic heterocycles. The molecule has 0 aliphatic carbocycles. The summed E-state index contributed by atoms with van der Waals surface area (Å²) in [6.07, 6.45) is 3.99. The van der Waals surface area contributed by atoms with Gasteiger partial charge < -0.3 is 26.4 Å². The number of likely N-dealkylation sites (tertiary alicyclic amines) is 1. The van der Waals surface area contributed by atoms with Gasteiger partial charge in [0.1, 0.15) is 17.0 Å². The van der Waals surface area contributed by atoms with Crippen LogP contribution in [0.2, 0.25) is 0 Å². The van der Waals surface area contributed by atoms with Crippen molar-refractivity contribution in [3.05, 3.63) is 23.8 Å². The molecule has 1 saturated heterocycles. The summed E-state index contributed by atoms with van der Waals surface area (Å²) in [5, 5.41) is 22.9. The van der Waals surface area contributed by atoms with E-state index in [-0.39, 0.29) is 36.3 Å². The van der Waals surface area contributed by atoms with E-state index in [1.54, 1.807) is 6.07 Å². The van der Waals surface area contributed by atoms with E-state index in [4.69, 9.17) is 11.1 Å². The number of carbonyl (C=O) groups is 2. The summed E-state index contributed by atoms with van der Waals surface area (Å²) in [5.41, 5.74) is 6.77. The largest absolute Gasteiger partial charge is 0.480 e. The van der Waals surface area contributed by atoms with Gasteiger partial charge in [0, 0.05) is 19.6 Å². The van der Waals surface area contributed by atoms with Crippen molar-refractivity contribution in [2.75, 3.05) is 25.0 Å². The number of fused-ring (bicyclic) bond motifs is 1. The molecule has 1 fully saturated rings. The first-order valence-electron chi connectivity index (χ1n) is 12.1. The lowest BCUT2D eigenvalue weighted by atomic mass is 9.88. The van der Waals surface area contributed by atoms with Crippen molar-refractivity contribution >= 4 is 33.5 Å². The average Bonchev–Trinajstić information content (AvgIpc) is 2.84. The van der Waals surface area contributed by atoms with Crippen LogP contribution >= 0.6 is 0 Å². The van der Waals surface area contributed by atoms with E-state index in [1.807, 2.05) is 13.0 Å². The number of guanidine groups is 1. The van der Waals surface area contributed by atoms with Gasteiger partial charge in [0.15, 0.2) is 5.96 Å². The highest BCUT2D eigenvalue weighted by Crippen LogP contribution is 2.30. The summed E-state index contributed by atoms with van der Waals surface area (Å²) in [7, 11) is -4.09. The summed E-state index contributed by atoms with van der Waals surface area (Å²) in [6, 6.07) is 2.93. The Kier molecular flexibility index (Phi) is 8.95. The first kappa shape index (κ1) is 26.7. The second-order valence-corrected chi connectivity index (χ2v) is 10.8. The van der Waals surface area contributed by atoms with Crippen LogP contribution in [0.3, 0.4) is 0 Å². The number of aryl methyl sites for hydroxylation is 1. The quantitative estimate of drug-likeness (QED) is 0.154. The van der Waals surface area contributed by atoms with Gasteiger partial charge in [-0.25, -0.2) is 13.2 Å². The number of hydrogen-bond donors (Lipinski definition) is 6. The van der Waals surface area contributed by atoms with Crippen LogP contribution in [0.1, 0.15) is 51.0 Å². The molecule has 12 heteroatoms. The minimum atomic E-state index is -4.09. The first-order valence-corrected chi connectivity index (χ1v) is 13.6. The molecule has 1 amide bonds. The zero-order chi connectivity index (χ0) is 25.6. The highest BCUT2D eigenvalue weighted by Gasteiger charge is 2.39. The molecule has 1 aromatic carbocycles. The van der Waals surface area contributed by atoms with Gasteiger partial charge in [-0.2, -0.15) is 4.72 Å². The highest BCUT2D eigenvalue weighted by molar-refractivity contribution is 7.89. The normalized spacial score (nSPS) is 20.9. The van der Waals surface area contributed by atoms with Gasteiger partial charge in [-0.3, -0.25) is 10.2 Å². The number of carboxylic acids is 1. The third-order valence-corrected chi connectivity index (χ3v) is 8.28. The second kappa shape index (κ2) is 11.7. The fourth-order valence-corrected chi connectivity index (χ4v) is 6.27. The maximum absolute atomic E-state index is 13.6. The maximum Gasteiger partial charge on any atom is 0.326 e. The molecule has 3 rings (SSSR count). The highest BCUT2D eigenvalue weighted by atomic mass is 32.2. The molecule has 2 aliphatic rings. The van der Waals surface area contributed by atoms with E-state index in [1.165, 1.54) is 11.0 Å². The van der Waals surface area contributed by atoms with E-state index in [0.29, 0.717) is 31.5 Å². The number of nitrogens with two attached hydrogens (primary N) is 1. The summed E-state index contributed by atoms with van der Waals surface area (Å²) < 4.78 is 29.5. The molecule has 1 aromatic rings. The van der Waals surface area contributed by atoms with Crippen molar-refractivity contribution in [2.45, 2.75) is 68.8 Å². The topological polar surface area (TPSA) is 178 Å². The number of hydrogen-bond acceptors (Lipinski definition) is 6. The Morgan fingerprint density at radius 1 is 1.37 bits per heavy atom. The van der Waals surface area contributed by atoms with Gasteiger partial charge in [-0.15, -0.1) is 0 Å². The number of piperidine rings is 1. The Morgan fingerprint density at radius 3 is 2.83 bits per heavy atom. The van der Waals surface area contributed by atoms with Crippen LogP contribution in [-0.2, 0) is 26.0 Å². The number of sulfonamides is 1.